The first-order valence-electron chi connectivity index (χ1n) is 6.08. The fraction of sp³-hybridized carbons (Fsp3) is 0.0714. The van der Waals surface area contributed by atoms with Gasteiger partial charge in [0.2, 0.25) is 0 Å². The Balaban J connectivity index is 1.97. The van der Waals surface area contributed by atoms with Crippen molar-refractivity contribution in [2.24, 2.45) is 0 Å². The topological polar surface area (TPSA) is 90.9 Å². The van der Waals surface area contributed by atoms with Crippen LogP contribution in [0, 0.1) is 0 Å². The highest BCUT2D eigenvalue weighted by atomic mass is 16.4. The van der Waals surface area contributed by atoms with E-state index in [2.05, 4.69) is 20.3 Å². The second kappa shape index (κ2) is 5.00. The molecule has 0 unspecified atom stereocenters. The number of hydrogen-bond donors (Lipinski definition) is 3. The molecule has 3 aromatic rings. The van der Waals surface area contributed by atoms with Crippen LogP contribution in [0.5, 0.6) is 0 Å². The molecule has 2 heterocycles. The van der Waals surface area contributed by atoms with E-state index in [1.807, 2.05) is 30.5 Å². The molecule has 0 aliphatic rings. The number of anilines is 1. The van der Waals surface area contributed by atoms with Gasteiger partial charge in [0.25, 0.3) is 0 Å². The van der Waals surface area contributed by atoms with Gasteiger partial charge >= 0.3 is 5.97 Å². The van der Waals surface area contributed by atoms with Gasteiger partial charge in [-0.1, -0.05) is 18.2 Å². The van der Waals surface area contributed by atoms with Gasteiger partial charge in [0.05, 0.1) is 5.69 Å². The van der Waals surface area contributed by atoms with E-state index in [0.29, 0.717) is 5.82 Å². The molecule has 20 heavy (non-hydrogen) atoms. The predicted octanol–water partition coefficient (Wildman–Crippen LogP) is 2.12. The van der Waals surface area contributed by atoms with Crippen LogP contribution in [0.1, 0.15) is 0 Å². The summed E-state index contributed by atoms with van der Waals surface area (Å²) in [5, 5.41) is 12.5. The number of aliphatic carboxylic acids is 1. The number of fused-ring (bicyclic) bond motifs is 1. The molecule has 6 heteroatoms. The lowest BCUT2D eigenvalue weighted by Gasteiger charge is -2.04. The number of para-hydroxylation sites is 1. The molecule has 3 N–H and O–H groups in total. The maximum absolute atomic E-state index is 10.6. The Morgan fingerprint density at radius 2 is 2.15 bits per heavy atom. The number of aromatic nitrogens is 3. The summed E-state index contributed by atoms with van der Waals surface area (Å²) in [4.78, 5) is 22.0. The molecule has 100 valence electrons. The zero-order chi connectivity index (χ0) is 13.9. The van der Waals surface area contributed by atoms with Crippen LogP contribution in [0.25, 0.3) is 22.2 Å². The van der Waals surface area contributed by atoms with Crippen molar-refractivity contribution in [3.8, 4) is 11.3 Å². The van der Waals surface area contributed by atoms with Crippen LogP contribution in [0.4, 0.5) is 5.82 Å². The first-order valence-corrected chi connectivity index (χ1v) is 6.08. The lowest BCUT2D eigenvalue weighted by atomic mass is 10.1. The summed E-state index contributed by atoms with van der Waals surface area (Å²) in [5.41, 5.74) is 2.73. The average Bonchev–Trinajstić information content (AvgIpc) is 2.89. The molecule has 0 aliphatic carbocycles. The highest BCUT2D eigenvalue weighted by Crippen LogP contribution is 2.27. The van der Waals surface area contributed by atoms with Crippen LogP contribution in [0.2, 0.25) is 0 Å². The highest BCUT2D eigenvalue weighted by molar-refractivity contribution is 5.94. The third-order valence-corrected chi connectivity index (χ3v) is 2.95. The van der Waals surface area contributed by atoms with E-state index in [4.69, 9.17) is 5.11 Å². The Kier molecular flexibility index (Phi) is 3.04. The second-order valence-corrected chi connectivity index (χ2v) is 4.28. The quantitative estimate of drug-likeness (QED) is 0.674. The molecule has 6 nitrogen and oxygen atoms in total. The summed E-state index contributed by atoms with van der Waals surface area (Å²) >= 11 is 0. The standard InChI is InChI=1S/C14H12N4O2/c19-14(20)7-16-13-5-12(17-8-18-13)10-6-15-11-4-2-1-3-9(10)11/h1-6,8,15H,7H2,(H,19,20)(H,16,17,18). The van der Waals surface area contributed by atoms with E-state index in [0.717, 1.165) is 22.2 Å². The van der Waals surface area contributed by atoms with Gasteiger partial charge in [-0.25, -0.2) is 9.97 Å². The number of H-pyrrole nitrogens is 1. The molecule has 0 spiro atoms. The van der Waals surface area contributed by atoms with Crippen molar-refractivity contribution in [1.82, 2.24) is 15.0 Å². The van der Waals surface area contributed by atoms with E-state index in [1.165, 1.54) is 6.33 Å². The Morgan fingerprint density at radius 3 is 3.00 bits per heavy atom. The van der Waals surface area contributed by atoms with E-state index in [1.54, 1.807) is 6.07 Å². The number of nitrogens with zero attached hydrogens (tertiary/aromatic N) is 2. The number of benzene rings is 1. The molecule has 0 aliphatic heterocycles. The predicted molar refractivity (Wildman–Crippen MR) is 75.5 cm³/mol. The van der Waals surface area contributed by atoms with Crippen molar-refractivity contribution in [3.05, 3.63) is 42.9 Å². The van der Waals surface area contributed by atoms with Gasteiger partial charge in [-0.3, -0.25) is 4.79 Å². The van der Waals surface area contributed by atoms with Crippen molar-refractivity contribution < 1.29 is 9.90 Å². The van der Waals surface area contributed by atoms with Gasteiger partial charge in [0.15, 0.2) is 0 Å². The van der Waals surface area contributed by atoms with Crippen molar-refractivity contribution >= 4 is 22.7 Å². The SMILES string of the molecule is O=C(O)CNc1cc(-c2c[nH]c3ccccc23)ncn1. The maximum Gasteiger partial charge on any atom is 0.322 e. The monoisotopic (exact) mass is 268 g/mol. The highest BCUT2D eigenvalue weighted by Gasteiger charge is 2.08. The van der Waals surface area contributed by atoms with Crippen LogP contribution in [-0.4, -0.2) is 32.6 Å². The number of carboxylic acid groups (broad SMARTS) is 1. The van der Waals surface area contributed by atoms with Gasteiger partial charge in [-0.2, -0.15) is 0 Å². The Morgan fingerprint density at radius 1 is 1.30 bits per heavy atom. The smallest absolute Gasteiger partial charge is 0.322 e. The molecule has 0 saturated heterocycles. The van der Waals surface area contributed by atoms with E-state index < -0.39 is 5.97 Å². The number of carbonyl (C=O) groups is 1. The second-order valence-electron chi connectivity index (χ2n) is 4.28. The minimum absolute atomic E-state index is 0.176. The average molecular weight is 268 g/mol. The molecule has 2 aromatic heterocycles. The molecule has 1 aromatic carbocycles. The number of aromatic amines is 1. The maximum atomic E-state index is 10.6. The minimum Gasteiger partial charge on any atom is -0.480 e. The van der Waals surface area contributed by atoms with Gasteiger partial charge in [-0.05, 0) is 6.07 Å². The van der Waals surface area contributed by atoms with Crippen molar-refractivity contribution in [2.45, 2.75) is 0 Å². The molecule has 0 amide bonds. The third kappa shape index (κ3) is 2.31. The van der Waals surface area contributed by atoms with E-state index in [9.17, 15) is 4.79 Å². The van der Waals surface area contributed by atoms with Crippen molar-refractivity contribution in [1.29, 1.82) is 0 Å². The van der Waals surface area contributed by atoms with E-state index in [-0.39, 0.29) is 6.54 Å². The summed E-state index contributed by atoms with van der Waals surface area (Å²) in [7, 11) is 0. The van der Waals surface area contributed by atoms with Crippen LogP contribution in [-0.2, 0) is 4.79 Å². The summed E-state index contributed by atoms with van der Waals surface area (Å²) in [5.74, 6) is -0.445. The fourth-order valence-corrected chi connectivity index (χ4v) is 2.05. The molecule has 3 rings (SSSR count). The molecule has 0 bridgehead atoms. The molecular weight excluding hydrogens is 256 g/mol. The van der Waals surface area contributed by atoms with Gasteiger partial charge < -0.3 is 15.4 Å². The molecular formula is C14H12N4O2. The largest absolute Gasteiger partial charge is 0.480 e. The van der Waals surface area contributed by atoms with Gasteiger partial charge in [0, 0.05) is 28.7 Å². The summed E-state index contributed by atoms with van der Waals surface area (Å²) in [6, 6.07) is 9.66. The van der Waals surface area contributed by atoms with Crippen LogP contribution in [0.3, 0.4) is 0 Å². The lowest BCUT2D eigenvalue weighted by Crippen LogP contribution is -2.13. The first-order chi connectivity index (χ1) is 9.74. The molecule has 0 atom stereocenters. The number of carboxylic acids is 1. The summed E-state index contributed by atoms with van der Waals surface area (Å²) in [6.45, 7) is -0.176. The van der Waals surface area contributed by atoms with Crippen LogP contribution >= 0.6 is 0 Å². The van der Waals surface area contributed by atoms with E-state index >= 15 is 0 Å². The molecule has 0 saturated carbocycles. The summed E-state index contributed by atoms with van der Waals surface area (Å²) < 4.78 is 0. The zero-order valence-corrected chi connectivity index (χ0v) is 10.5. The van der Waals surface area contributed by atoms with Crippen LogP contribution in [0.15, 0.2) is 42.9 Å². The molecule has 0 fully saturated rings. The van der Waals surface area contributed by atoms with Crippen molar-refractivity contribution in [2.75, 3.05) is 11.9 Å². The normalized spacial score (nSPS) is 10.6. The Bertz CT molecular complexity index is 766. The summed E-state index contributed by atoms with van der Waals surface area (Å²) in [6.07, 6.45) is 3.30. The van der Waals surface area contributed by atoms with Crippen LogP contribution < -0.4 is 5.32 Å². The minimum atomic E-state index is -0.933. The Hall–Kier alpha value is -2.89. The first kappa shape index (κ1) is 12.2. The van der Waals surface area contributed by atoms with Gasteiger partial charge in [-0.15, -0.1) is 0 Å². The lowest BCUT2D eigenvalue weighted by molar-refractivity contribution is -0.134. The van der Waals surface area contributed by atoms with Gasteiger partial charge in [0.1, 0.15) is 18.7 Å². The van der Waals surface area contributed by atoms with Crippen molar-refractivity contribution in [3.63, 3.8) is 0 Å². The number of nitrogens with one attached hydrogen (secondary N) is 2. The fourth-order valence-electron chi connectivity index (χ4n) is 2.05. The Labute approximate surface area is 114 Å². The molecule has 0 radical (unpaired) electrons. The zero-order valence-electron chi connectivity index (χ0n) is 10.5. The number of hydrogen-bond acceptors (Lipinski definition) is 4. The number of rotatable bonds is 4. The third-order valence-electron chi connectivity index (χ3n) is 2.95.